The van der Waals surface area contributed by atoms with Crippen LogP contribution in [0.15, 0.2) is 54.0 Å². The van der Waals surface area contributed by atoms with E-state index in [2.05, 4.69) is 17.2 Å². The molecule has 0 spiro atoms. The van der Waals surface area contributed by atoms with E-state index in [0.717, 1.165) is 16.1 Å². The molecule has 2 heterocycles. The Morgan fingerprint density at radius 3 is 2.59 bits per heavy atom. The van der Waals surface area contributed by atoms with Gasteiger partial charge in [0.2, 0.25) is 0 Å². The maximum Gasteiger partial charge on any atom is 0.257 e. The summed E-state index contributed by atoms with van der Waals surface area (Å²) in [5.74, 6) is -0.0253. The number of carbonyl (C=O) groups excluding carboxylic acids is 1. The SMILES string of the molecule is CN(C)C(=O)c1cn(Cc2ccccc2)nc1-c1cccs1. The first-order valence-electron chi connectivity index (χ1n) is 7.02. The van der Waals surface area contributed by atoms with Gasteiger partial charge in [0.15, 0.2) is 0 Å². The fourth-order valence-electron chi connectivity index (χ4n) is 2.27. The molecule has 3 rings (SSSR count). The lowest BCUT2D eigenvalue weighted by molar-refractivity contribution is 0.0828. The van der Waals surface area contributed by atoms with Crippen molar-refractivity contribution in [2.45, 2.75) is 6.54 Å². The van der Waals surface area contributed by atoms with E-state index < -0.39 is 0 Å². The van der Waals surface area contributed by atoms with Crippen LogP contribution in [0.5, 0.6) is 0 Å². The maximum atomic E-state index is 12.4. The van der Waals surface area contributed by atoms with Gasteiger partial charge >= 0.3 is 0 Å². The first kappa shape index (κ1) is 14.5. The van der Waals surface area contributed by atoms with Crippen LogP contribution in [0.2, 0.25) is 0 Å². The Balaban J connectivity index is 1.99. The van der Waals surface area contributed by atoms with Crippen LogP contribution in [0, 0.1) is 0 Å². The van der Waals surface area contributed by atoms with Crippen LogP contribution in [0.1, 0.15) is 15.9 Å². The molecular formula is C17H17N3OS. The smallest absolute Gasteiger partial charge is 0.257 e. The fourth-order valence-corrected chi connectivity index (χ4v) is 2.99. The Morgan fingerprint density at radius 2 is 1.95 bits per heavy atom. The molecule has 1 amide bonds. The van der Waals surface area contributed by atoms with E-state index in [1.54, 1.807) is 30.3 Å². The minimum absolute atomic E-state index is 0.0253. The predicted octanol–water partition coefficient (Wildman–Crippen LogP) is 3.36. The van der Waals surface area contributed by atoms with E-state index >= 15 is 0 Å². The largest absolute Gasteiger partial charge is 0.345 e. The number of amides is 1. The van der Waals surface area contributed by atoms with Gasteiger partial charge in [0.1, 0.15) is 5.69 Å². The second-order valence-corrected chi connectivity index (χ2v) is 6.20. The first-order valence-corrected chi connectivity index (χ1v) is 7.90. The van der Waals surface area contributed by atoms with Gasteiger partial charge in [0.25, 0.3) is 5.91 Å². The van der Waals surface area contributed by atoms with Crippen LogP contribution in [0.25, 0.3) is 10.6 Å². The molecule has 0 unspecified atom stereocenters. The lowest BCUT2D eigenvalue weighted by atomic mass is 10.2. The molecule has 3 aromatic rings. The van der Waals surface area contributed by atoms with Crippen LogP contribution in [-0.2, 0) is 6.54 Å². The van der Waals surface area contributed by atoms with Gasteiger partial charge in [-0.2, -0.15) is 5.10 Å². The third-order valence-corrected chi connectivity index (χ3v) is 4.22. The second-order valence-electron chi connectivity index (χ2n) is 5.25. The van der Waals surface area contributed by atoms with Gasteiger partial charge in [0.05, 0.1) is 17.0 Å². The van der Waals surface area contributed by atoms with Gasteiger partial charge in [0, 0.05) is 20.3 Å². The molecule has 5 heteroatoms. The van der Waals surface area contributed by atoms with Crippen LogP contribution >= 0.6 is 11.3 Å². The van der Waals surface area contributed by atoms with Crippen LogP contribution < -0.4 is 0 Å². The Morgan fingerprint density at radius 1 is 1.18 bits per heavy atom. The predicted molar refractivity (Wildman–Crippen MR) is 89.1 cm³/mol. The molecule has 0 N–H and O–H groups in total. The monoisotopic (exact) mass is 311 g/mol. The number of aromatic nitrogens is 2. The molecule has 0 aliphatic heterocycles. The molecule has 0 atom stereocenters. The fraction of sp³-hybridized carbons (Fsp3) is 0.176. The molecule has 0 saturated heterocycles. The van der Waals surface area contributed by atoms with E-state index in [9.17, 15) is 4.79 Å². The van der Waals surface area contributed by atoms with E-state index in [-0.39, 0.29) is 5.91 Å². The van der Waals surface area contributed by atoms with Gasteiger partial charge in [-0.25, -0.2) is 0 Å². The van der Waals surface area contributed by atoms with Crippen molar-refractivity contribution < 1.29 is 4.79 Å². The number of rotatable bonds is 4. The van der Waals surface area contributed by atoms with Crippen molar-refractivity contribution in [2.24, 2.45) is 0 Å². The van der Waals surface area contributed by atoms with Gasteiger partial charge in [-0.05, 0) is 17.0 Å². The molecule has 4 nitrogen and oxygen atoms in total. The summed E-state index contributed by atoms with van der Waals surface area (Å²) in [6, 6.07) is 14.1. The third kappa shape index (κ3) is 2.94. The quantitative estimate of drug-likeness (QED) is 0.741. The summed E-state index contributed by atoms with van der Waals surface area (Å²) in [6.45, 7) is 0.653. The van der Waals surface area contributed by atoms with Gasteiger partial charge in [-0.15, -0.1) is 11.3 Å². The molecule has 0 aliphatic carbocycles. The normalized spacial score (nSPS) is 10.6. The number of thiophene rings is 1. The zero-order chi connectivity index (χ0) is 15.5. The first-order chi connectivity index (χ1) is 10.6. The highest BCUT2D eigenvalue weighted by Gasteiger charge is 2.20. The number of carbonyl (C=O) groups is 1. The van der Waals surface area contributed by atoms with Crippen LogP contribution in [0.3, 0.4) is 0 Å². The van der Waals surface area contributed by atoms with Crippen molar-refractivity contribution >= 4 is 17.2 Å². The summed E-state index contributed by atoms with van der Waals surface area (Å²) in [7, 11) is 3.52. The van der Waals surface area contributed by atoms with Crippen molar-refractivity contribution in [1.82, 2.24) is 14.7 Å². The van der Waals surface area contributed by atoms with Crippen LogP contribution in [0.4, 0.5) is 0 Å². The maximum absolute atomic E-state index is 12.4. The summed E-state index contributed by atoms with van der Waals surface area (Å²) in [6.07, 6.45) is 1.84. The average Bonchev–Trinajstić information content (AvgIpc) is 3.16. The summed E-state index contributed by atoms with van der Waals surface area (Å²) in [4.78, 5) is 15.0. The highest BCUT2D eigenvalue weighted by atomic mass is 32.1. The Hall–Kier alpha value is -2.40. The molecule has 2 aromatic heterocycles. The lowest BCUT2D eigenvalue weighted by Gasteiger charge is -2.08. The third-order valence-electron chi connectivity index (χ3n) is 3.34. The standard InChI is InChI=1S/C17H17N3OS/c1-19(2)17(21)14-12-20(11-13-7-4-3-5-8-13)18-16(14)15-9-6-10-22-15/h3-10,12H,11H2,1-2H3. The molecule has 0 fully saturated rings. The van der Waals surface area contributed by atoms with Crippen molar-refractivity contribution in [3.05, 3.63) is 65.2 Å². The number of benzene rings is 1. The molecule has 0 aliphatic rings. The minimum atomic E-state index is -0.0253. The molecule has 0 bridgehead atoms. The highest BCUT2D eigenvalue weighted by Crippen LogP contribution is 2.27. The number of nitrogens with zero attached hydrogens (tertiary/aromatic N) is 3. The zero-order valence-electron chi connectivity index (χ0n) is 12.6. The van der Waals surface area contributed by atoms with Crippen LogP contribution in [-0.4, -0.2) is 34.7 Å². The minimum Gasteiger partial charge on any atom is -0.345 e. The topological polar surface area (TPSA) is 38.1 Å². The summed E-state index contributed by atoms with van der Waals surface area (Å²) in [5.41, 5.74) is 2.56. The zero-order valence-corrected chi connectivity index (χ0v) is 13.4. The lowest BCUT2D eigenvalue weighted by Crippen LogP contribution is -2.21. The molecule has 0 radical (unpaired) electrons. The van der Waals surface area contributed by atoms with E-state index in [1.807, 2.05) is 46.6 Å². The molecule has 112 valence electrons. The molecule has 0 saturated carbocycles. The van der Waals surface area contributed by atoms with Gasteiger partial charge < -0.3 is 4.90 Å². The second kappa shape index (κ2) is 6.15. The average molecular weight is 311 g/mol. The Bertz CT molecular complexity index is 761. The van der Waals surface area contributed by atoms with Crippen molar-refractivity contribution in [1.29, 1.82) is 0 Å². The van der Waals surface area contributed by atoms with E-state index in [4.69, 9.17) is 0 Å². The Kier molecular flexibility index (Phi) is 4.06. The Labute approximate surface area is 133 Å². The summed E-state index contributed by atoms with van der Waals surface area (Å²) in [5, 5.41) is 6.63. The highest BCUT2D eigenvalue weighted by molar-refractivity contribution is 7.13. The number of hydrogen-bond donors (Lipinski definition) is 0. The van der Waals surface area contributed by atoms with E-state index in [1.165, 1.54) is 0 Å². The summed E-state index contributed by atoms with van der Waals surface area (Å²) < 4.78 is 1.83. The van der Waals surface area contributed by atoms with Crippen molar-refractivity contribution in [3.8, 4) is 10.6 Å². The molecule has 22 heavy (non-hydrogen) atoms. The van der Waals surface area contributed by atoms with Gasteiger partial charge in [-0.1, -0.05) is 36.4 Å². The van der Waals surface area contributed by atoms with Gasteiger partial charge in [-0.3, -0.25) is 9.48 Å². The molecular weight excluding hydrogens is 294 g/mol. The molecule has 1 aromatic carbocycles. The summed E-state index contributed by atoms with van der Waals surface area (Å²) >= 11 is 1.59. The van der Waals surface area contributed by atoms with Crippen molar-refractivity contribution in [2.75, 3.05) is 14.1 Å². The van der Waals surface area contributed by atoms with Crippen molar-refractivity contribution in [3.63, 3.8) is 0 Å². The number of hydrogen-bond acceptors (Lipinski definition) is 3. The van der Waals surface area contributed by atoms with E-state index in [0.29, 0.717) is 12.1 Å².